The highest BCUT2D eigenvalue weighted by Gasteiger charge is 2.30. The fourth-order valence-corrected chi connectivity index (χ4v) is 3.04. The van der Waals surface area contributed by atoms with E-state index in [1.807, 2.05) is 32.0 Å². The van der Waals surface area contributed by atoms with Gasteiger partial charge in [0.05, 0.1) is 6.54 Å². The zero-order chi connectivity index (χ0) is 16.3. The number of likely N-dealkylation sites (N-methyl/N-ethyl adjacent to an activating group) is 1. The average molecular weight is 340 g/mol. The maximum atomic E-state index is 12.3. The molecular formula is C17H26ClN3O2. The summed E-state index contributed by atoms with van der Waals surface area (Å²) < 4.78 is 0. The van der Waals surface area contributed by atoms with E-state index in [2.05, 4.69) is 5.32 Å². The highest BCUT2D eigenvalue weighted by molar-refractivity contribution is 5.96. The number of anilines is 1. The number of carbonyl (C=O) groups is 2. The summed E-state index contributed by atoms with van der Waals surface area (Å²) in [6.07, 6.45) is 2.43. The first-order valence-electron chi connectivity index (χ1n) is 7.75. The van der Waals surface area contributed by atoms with Crippen molar-refractivity contribution in [2.45, 2.75) is 39.2 Å². The van der Waals surface area contributed by atoms with Gasteiger partial charge in [-0.05, 0) is 44.2 Å². The van der Waals surface area contributed by atoms with E-state index in [9.17, 15) is 9.59 Å². The number of rotatable bonds is 4. The number of para-hydroxylation sites is 1. The van der Waals surface area contributed by atoms with Crippen molar-refractivity contribution >= 4 is 29.9 Å². The van der Waals surface area contributed by atoms with Crippen molar-refractivity contribution in [2.24, 2.45) is 11.7 Å². The number of hydrogen-bond acceptors (Lipinski definition) is 3. The number of hydrogen-bond donors (Lipinski definition) is 2. The summed E-state index contributed by atoms with van der Waals surface area (Å²) in [7, 11) is 1.68. The normalized spacial score (nSPS) is 19.8. The van der Waals surface area contributed by atoms with Crippen molar-refractivity contribution in [3.8, 4) is 0 Å². The number of amides is 2. The number of nitrogens with zero attached hydrogens (tertiary/aromatic N) is 1. The van der Waals surface area contributed by atoms with Crippen LogP contribution in [0.1, 0.15) is 30.4 Å². The lowest BCUT2D eigenvalue weighted by Crippen LogP contribution is -2.38. The molecule has 0 radical (unpaired) electrons. The van der Waals surface area contributed by atoms with Gasteiger partial charge in [0.25, 0.3) is 0 Å². The Kier molecular flexibility index (Phi) is 7.03. The van der Waals surface area contributed by atoms with Gasteiger partial charge in [-0.25, -0.2) is 0 Å². The third-order valence-electron chi connectivity index (χ3n) is 4.32. The van der Waals surface area contributed by atoms with Crippen LogP contribution in [0.5, 0.6) is 0 Å². The van der Waals surface area contributed by atoms with Crippen molar-refractivity contribution in [1.29, 1.82) is 0 Å². The number of aryl methyl sites for hydroxylation is 2. The molecule has 0 heterocycles. The van der Waals surface area contributed by atoms with E-state index in [0.29, 0.717) is 0 Å². The van der Waals surface area contributed by atoms with Gasteiger partial charge in [0.2, 0.25) is 11.8 Å². The van der Waals surface area contributed by atoms with Crippen LogP contribution in [0.15, 0.2) is 18.2 Å². The molecule has 0 spiro atoms. The summed E-state index contributed by atoms with van der Waals surface area (Å²) in [6, 6.07) is 5.99. The Hall–Kier alpha value is -1.59. The van der Waals surface area contributed by atoms with Gasteiger partial charge < -0.3 is 16.0 Å². The first kappa shape index (κ1) is 19.5. The highest BCUT2D eigenvalue weighted by Crippen LogP contribution is 2.25. The first-order chi connectivity index (χ1) is 10.4. The second kappa shape index (κ2) is 8.31. The molecule has 2 rings (SSSR count). The third-order valence-corrected chi connectivity index (χ3v) is 4.32. The Labute approximate surface area is 144 Å². The van der Waals surface area contributed by atoms with E-state index in [1.165, 1.54) is 4.90 Å². The second-order valence-corrected chi connectivity index (χ2v) is 6.28. The van der Waals surface area contributed by atoms with Crippen LogP contribution in [0.2, 0.25) is 0 Å². The fourth-order valence-electron chi connectivity index (χ4n) is 3.04. The number of benzene rings is 1. The monoisotopic (exact) mass is 339 g/mol. The van der Waals surface area contributed by atoms with Gasteiger partial charge in [-0.15, -0.1) is 12.4 Å². The Morgan fingerprint density at radius 2 is 1.87 bits per heavy atom. The maximum Gasteiger partial charge on any atom is 0.243 e. The van der Waals surface area contributed by atoms with E-state index in [0.717, 1.165) is 36.1 Å². The SMILES string of the molecule is Cc1cccc(C)c1NC(=O)CN(C)C(=O)C1CCC(N)C1.Cl. The smallest absolute Gasteiger partial charge is 0.243 e. The van der Waals surface area contributed by atoms with Crippen LogP contribution in [0.4, 0.5) is 5.69 Å². The zero-order valence-corrected chi connectivity index (χ0v) is 14.8. The van der Waals surface area contributed by atoms with E-state index in [-0.39, 0.29) is 42.7 Å². The van der Waals surface area contributed by atoms with Crippen molar-refractivity contribution in [2.75, 3.05) is 18.9 Å². The summed E-state index contributed by atoms with van der Waals surface area (Å²) in [4.78, 5) is 26.0. The molecule has 3 N–H and O–H groups in total. The van der Waals surface area contributed by atoms with Crippen LogP contribution in [0, 0.1) is 19.8 Å². The van der Waals surface area contributed by atoms with Crippen LogP contribution in [-0.2, 0) is 9.59 Å². The van der Waals surface area contributed by atoms with Gasteiger partial charge in [-0.3, -0.25) is 9.59 Å². The first-order valence-corrected chi connectivity index (χ1v) is 7.75. The van der Waals surface area contributed by atoms with Crippen LogP contribution < -0.4 is 11.1 Å². The molecule has 2 unspecified atom stereocenters. The van der Waals surface area contributed by atoms with Gasteiger partial charge in [0.15, 0.2) is 0 Å². The molecule has 0 aromatic heterocycles. The lowest BCUT2D eigenvalue weighted by atomic mass is 10.1. The molecule has 1 aliphatic rings. The van der Waals surface area contributed by atoms with Crippen LogP contribution in [-0.4, -0.2) is 36.3 Å². The molecule has 0 aliphatic heterocycles. The van der Waals surface area contributed by atoms with Gasteiger partial charge >= 0.3 is 0 Å². The third kappa shape index (κ3) is 4.94. The summed E-state index contributed by atoms with van der Waals surface area (Å²) in [5.74, 6) is -0.187. The molecule has 1 saturated carbocycles. The van der Waals surface area contributed by atoms with E-state index >= 15 is 0 Å². The summed E-state index contributed by atoms with van der Waals surface area (Å²) in [5.41, 5.74) is 8.71. The topological polar surface area (TPSA) is 75.4 Å². The molecule has 1 aromatic rings. The zero-order valence-electron chi connectivity index (χ0n) is 14.0. The molecule has 0 saturated heterocycles. The van der Waals surface area contributed by atoms with Crippen molar-refractivity contribution < 1.29 is 9.59 Å². The molecule has 2 atom stereocenters. The van der Waals surface area contributed by atoms with E-state index < -0.39 is 0 Å². The summed E-state index contributed by atoms with van der Waals surface area (Å²) >= 11 is 0. The molecule has 128 valence electrons. The molecule has 1 fully saturated rings. The minimum atomic E-state index is -0.171. The number of halogens is 1. The molecule has 6 heteroatoms. The Bertz CT molecular complexity index is 557. The lowest BCUT2D eigenvalue weighted by Gasteiger charge is -2.21. The van der Waals surface area contributed by atoms with Crippen molar-refractivity contribution in [3.05, 3.63) is 29.3 Å². The maximum absolute atomic E-state index is 12.3. The van der Waals surface area contributed by atoms with Gasteiger partial charge in [-0.1, -0.05) is 18.2 Å². The molecule has 1 aliphatic carbocycles. The molecule has 0 bridgehead atoms. The van der Waals surface area contributed by atoms with Gasteiger partial charge in [0.1, 0.15) is 0 Å². The Balaban J connectivity index is 0.00000264. The predicted octanol–water partition coefficient (Wildman–Crippen LogP) is 2.25. The average Bonchev–Trinajstić information content (AvgIpc) is 2.88. The Morgan fingerprint density at radius 1 is 1.26 bits per heavy atom. The van der Waals surface area contributed by atoms with Crippen molar-refractivity contribution in [1.82, 2.24) is 4.90 Å². The summed E-state index contributed by atoms with van der Waals surface area (Å²) in [6.45, 7) is 3.98. The fraction of sp³-hybridized carbons (Fsp3) is 0.529. The quantitative estimate of drug-likeness (QED) is 0.883. The minimum absolute atomic E-state index is 0. The van der Waals surface area contributed by atoms with Crippen LogP contribution in [0.25, 0.3) is 0 Å². The Morgan fingerprint density at radius 3 is 2.39 bits per heavy atom. The number of carbonyl (C=O) groups excluding carboxylic acids is 2. The lowest BCUT2D eigenvalue weighted by molar-refractivity contribution is -0.136. The predicted molar refractivity (Wildman–Crippen MR) is 94.7 cm³/mol. The number of nitrogens with one attached hydrogen (secondary N) is 1. The van der Waals surface area contributed by atoms with Gasteiger partial charge in [-0.2, -0.15) is 0 Å². The van der Waals surface area contributed by atoms with E-state index in [1.54, 1.807) is 7.05 Å². The van der Waals surface area contributed by atoms with Crippen LogP contribution >= 0.6 is 12.4 Å². The number of nitrogens with two attached hydrogens (primary N) is 1. The largest absolute Gasteiger partial charge is 0.336 e. The van der Waals surface area contributed by atoms with Crippen molar-refractivity contribution in [3.63, 3.8) is 0 Å². The molecule has 1 aromatic carbocycles. The van der Waals surface area contributed by atoms with Crippen LogP contribution in [0.3, 0.4) is 0 Å². The molecule has 5 nitrogen and oxygen atoms in total. The van der Waals surface area contributed by atoms with Gasteiger partial charge in [0, 0.05) is 24.7 Å². The molecular weight excluding hydrogens is 314 g/mol. The second-order valence-electron chi connectivity index (χ2n) is 6.28. The molecule has 2 amide bonds. The highest BCUT2D eigenvalue weighted by atomic mass is 35.5. The minimum Gasteiger partial charge on any atom is -0.336 e. The van der Waals surface area contributed by atoms with E-state index in [4.69, 9.17) is 5.73 Å². The molecule has 23 heavy (non-hydrogen) atoms. The standard InChI is InChI=1S/C17H25N3O2.ClH/c1-11-5-4-6-12(2)16(11)19-15(21)10-20(3)17(22)13-7-8-14(18)9-13;/h4-6,13-14H,7-10,18H2,1-3H3,(H,19,21);1H. The summed E-state index contributed by atoms with van der Waals surface area (Å²) in [5, 5.41) is 2.91.